The van der Waals surface area contributed by atoms with Crippen molar-refractivity contribution < 1.29 is 8.42 Å². The summed E-state index contributed by atoms with van der Waals surface area (Å²) in [5.74, 6) is 0.741. The van der Waals surface area contributed by atoms with Crippen molar-refractivity contribution in [2.24, 2.45) is 11.8 Å². The molecule has 0 saturated carbocycles. The molecule has 0 amide bonds. The second-order valence-electron chi connectivity index (χ2n) is 6.11. The normalized spacial score (nSPS) is 27.2. The molecule has 1 heterocycles. The largest absolute Gasteiger partial charge is 0.243 e. The zero-order chi connectivity index (χ0) is 15.6. The van der Waals surface area contributed by atoms with Gasteiger partial charge in [-0.05, 0) is 42.9 Å². The molecular weight excluding hydrogens is 284 g/mol. The van der Waals surface area contributed by atoms with Gasteiger partial charge >= 0.3 is 0 Å². The summed E-state index contributed by atoms with van der Waals surface area (Å²) < 4.78 is 27.3. The van der Waals surface area contributed by atoms with Crippen molar-refractivity contribution in [1.82, 2.24) is 4.31 Å². The molecule has 0 aromatic heterocycles. The standard InChI is InChI=1S/C16H22N2O2S/c1-12-10-13(2)14(3)18(11-12)21(19,20)16-6-4-15(5-7-16)8-9-17/h4-7,12-14H,8,10-11H2,1-3H3. The molecule has 1 aliphatic heterocycles. The highest BCUT2D eigenvalue weighted by Gasteiger charge is 2.37. The molecule has 1 aromatic rings. The summed E-state index contributed by atoms with van der Waals surface area (Å²) in [5.41, 5.74) is 0.838. The molecule has 0 spiro atoms. The first-order valence-electron chi connectivity index (χ1n) is 7.34. The summed E-state index contributed by atoms with van der Waals surface area (Å²) in [6, 6.07) is 8.74. The zero-order valence-corrected chi connectivity index (χ0v) is 13.6. The lowest BCUT2D eigenvalue weighted by Gasteiger charge is -2.40. The van der Waals surface area contributed by atoms with Crippen LogP contribution < -0.4 is 0 Å². The molecule has 4 nitrogen and oxygen atoms in total. The summed E-state index contributed by atoms with van der Waals surface area (Å²) in [6.07, 6.45) is 1.36. The monoisotopic (exact) mass is 306 g/mol. The summed E-state index contributed by atoms with van der Waals surface area (Å²) in [7, 11) is -3.46. The van der Waals surface area contributed by atoms with E-state index in [0.717, 1.165) is 12.0 Å². The molecule has 2 rings (SSSR count). The van der Waals surface area contributed by atoms with E-state index in [1.165, 1.54) is 0 Å². The fraction of sp³-hybridized carbons (Fsp3) is 0.562. The summed E-state index contributed by atoms with van der Waals surface area (Å²) in [5, 5.41) is 8.67. The molecule has 1 aromatic carbocycles. The average molecular weight is 306 g/mol. The molecule has 0 bridgehead atoms. The number of nitriles is 1. The molecule has 1 saturated heterocycles. The Morgan fingerprint density at radius 3 is 2.43 bits per heavy atom. The van der Waals surface area contributed by atoms with Crippen LogP contribution in [-0.4, -0.2) is 25.3 Å². The fourth-order valence-electron chi connectivity index (χ4n) is 2.99. The Bertz CT molecular complexity index is 631. The summed E-state index contributed by atoms with van der Waals surface area (Å²) >= 11 is 0. The molecule has 0 N–H and O–H groups in total. The minimum Gasteiger partial charge on any atom is -0.207 e. The van der Waals surface area contributed by atoms with Gasteiger partial charge in [0, 0.05) is 12.6 Å². The average Bonchev–Trinajstić information content (AvgIpc) is 2.43. The summed E-state index contributed by atoms with van der Waals surface area (Å²) in [4.78, 5) is 0.317. The smallest absolute Gasteiger partial charge is 0.207 e. The third-order valence-electron chi connectivity index (χ3n) is 4.36. The highest BCUT2D eigenvalue weighted by molar-refractivity contribution is 7.89. The van der Waals surface area contributed by atoms with Crippen molar-refractivity contribution in [2.75, 3.05) is 6.54 Å². The second-order valence-corrected chi connectivity index (χ2v) is 8.00. The van der Waals surface area contributed by atoms with E-state index in [1.807, 2.05) is 6.92 Å². The maximum atomic E-state index is 12.8. The number of sulfonamides is 1. The molecule has 3 unspecified atom stereocenters. The molecule has 0 aliphatic carbocycles. The maximum absolute atomic E-state index is 12.8. The van der Waals surface area contributed by atoms with Crippen molar-refractivity contribution in [3.05, 3.63) is 29.8 Å². The number of benzene rings is 1. The van der Waals surface area contributed by atoms with Crippen LogP contribution in [0.25, 0.3) is 0 Å². The van der Waals surface area contributed by atoms with Gasteiger partial charge in [0.1, 0.15) is 0 Å². The van der Waals surface area contributed by atoms with E-state index < -0.39 is 10.0 Å². The quantitative estimate of drug-likeness (QED) is 0.862. The van der Waals surface area contributed by atoms with Crippen molar-refractivity contribution in [3.63, 3.8) is 0 Å². The van der Waals surface area contributed by atoms with Gasteiger partial charge in [-0.15, -0.1) is 0 Å². The molecule has 1 fully saturated rings. The van der Waals surface area contributed by atoms with Crippen LogP contribution >= 0.6 is 0 Å². The molecule has 5 heteroatoms. The van der Waals surface area contributed by atoms with Crippen LogP contribution in [0.5, 0.6) is 0 Å². The Morgan fingerprint density at radius 2 is 1.86 bits per heavy atom. The van der Waals surface area contributed by atoms with Gasteiger partial charge < -0.3 is 0 Å². The molecule has 114 valence electrons. The molecular formula is C16H22N2O2S. The van der Waals surface area contributed by atoms with Crippen LogP contribution in [0.3, 0.4) is 0 Å². The van der Waals surface area contributed by atoms with E-state index in [9.17, 15) is 8.42 Å². The highest BCUT2D eigenvalue weighted by atomic mass is 32.2. The van der Waals surface area contributed by atoms with Gasteiger partial charge in [0.15, 0.2) is 0 Å². The van der Waals surface area contributed by atoms with Gasteiger partial charge in [-0.25, -0.2) is 8.42 Å². The molecule has 0 radical (unpaired) electrons. The lowest BCUT2D eigenvalue weighted by Crippen LogP contribution is -2.48. The maximum Gasteiger partial charge on any atom is 0.243 e. The van der Waals surface area contributed by atoms with E-state index in [4.69, 9.17) is 5.26 Å². The van der Waals surface area contributed by atoms with Gasteiger partial charge in [-0.3, -0.25) is 0 Å². The van der Waals surface area contributed by atoms with E-state index in [0.29, 0.717) is 29.7 Å². The predicted molar refractivity (Wildman–Crippen MR) is 82.1 cm³/mol. The zero-order valence-electron chi connectivity index (χ0n) is 12.8. The number of hydrogen-bond donors (Lipinski definition) is 0. The van der Waals surface area contributed by atoms with Gasteiger partial charge in [0.05, 0.1) is 17.4 Å². The van der Waals surface area contributed by atoms with Crippen molar-refractivity contribution >= 4 is 10.0 Å². The fourth-order valence-corrected chi connectivity index (χ4v) is 4.83. The van der Waals surface area contributed by atoms with Crippen LogP contribution in [0.15, 0.2) is 29.2 Å². The minimum absolute atomic E-state index is 0.0185. The first-order chi connectivity index (χ1) is 9.86. The van der Waals surface area contributed by atoms with E-state index >= 15 is 0 Å². The Labute approximate surface area is 127 Å². The van der Waals surface area contributed by atoms with Crippen LogP contribution in [-0.2, 0) is 16.4 Å². The first-order valence-corrected chi connectivity index (χ1v) is 8.78. The lowest BCUT2D eigenvalue weighted by atomic mass is 9.88. The number of hydrogen-bond acceptors (Lipinski definition) is 3. The minimum atomic E-state index is -3.46. The van der Waals surface area contributed by atoms with Gasteiger partial charge in [0.2, 0.25) is 10.0 Å². The van der Waals surface area contributed by atoms with Crippen molar-refractivity contribution in [2.45, 2.75) is 44.6 Å². The van der Waals surface area contributed by atoms with Crippen LogP contribution in [0.2, 0.25) is 0 Å². The molecule has 1 aliphatic rings. The number of nitrogens with zero attached hydrogens (tertiary/aromatic N) is 2. The number of rotatable bonds is 3. The number of piperidine rings is 1. The Hall–Kier alpha value is -1.38. The van der Waals surface area contributed by atoms with E-state index in [2.05, 4.69) is 19.9 Å². The van der Waals surface area contributed by atoms with Crippen LogP contribution in [0, 0.1) is 23.2 Å². The Balaban J connectivity index is 2.30. The van der Waals surface area contributed by atoms with Gasteiger partial charge in [-0.2, -0.15) is 9.57 Å². The van der Waals surface area contributed by atoms with Crippen molar-refractivity contribution in [1.29, 1.82) is 5.26 Å². The Morgan fingerprint density at radius 1 is 1.24 bits per heavy atom. The van der Waals surface area contributed by atoms with Crippen LogP contribution in [0.4, 0.5) is 0 Å². The summed E-state index contributed by atoms with van der Waals surface area (Å²) in [6.45, 7) is 6.77. The topological polar surface area (TPSA) is 61.2 Å². The van der Waals surface area contributed by atoms with E-state index in [1.54, 1.807) is 28.6 Å². The third kappa shape index (κ3) is 3.28. The van der Waals surface area contributed by atoms with Crippen LogP contribution in [0.1, 0.15) is 32.8 Å². The second kappa shape index (κ2) is 6.17. The molecule has 21 heavy (non-hydrogen) atoms. The third-order valence-corrected chi connectivity index (χ3v) is 6.32. The SMILES string of the molecule is CC1CC(C)C(C)N(S(=O)(=O)c2ccc(CC#N)cc2)C1. The highest BCUT2D eigenvalue weighted by Crippen LogP contribution is 2.31. The van der Waals surface area contributed by atoms with Gasteiger partial charge in [-0.1, -0.05) is 26.0 Å². The van der Waals surface area contributed by atoms with Crippen molar-refractivity contribution in [3.8, 4) is 6.07 Å². The Kier molecular flexibility index (Phi) is 4.70. The molecule has 3 atom stereocenters. The van der Waals surface area contributed by atoms with E-state index in [-0.39, 0.29) is 6.04 Å². The first kappa shape index (κ1) is 16.0. The lowest BCUT2D eigenvalue weighted by molar-refractivity contribution is 0.157. The predicted octanol–water partition coefficient (Wildman–Crippen LogP) is 2.81. The van der Waals surface area contributed by atoms with Gasteiger partial charge in [0.25, 0.3) is 0 Å².